The summed E-state index contributed by atoms with van der Waals surface area (Å²) in [6.07, 6.45) is 9.75. The minimum atomic E-state index is -1.56. The number of ketones is 7. The second-order valence-corrected chi connectivity index (χ2v) is 41.1. The number of carbonyl (C=O) groups excluding carboxylic acids is 7. The molecule has 14 heteroatoms. The zero-order valence-corrected chi connectivity index (χ0v) is 73.7. The Bertz CT molecular complexity index is 3080. The molecule has 7 aromatic carbocycles. The van der Waals surface area contributed by atoms with Crippen molar-refractivity contribution in [1.82, 2.24) is 0 Å². The van der Waals surface area contributed by atoms with Crippen molar-refractivity contribution in [1.29, 1.82) is 0 Å². The first-order chi connectivity index (χ1) is 46.1. The van der Waals surface area contributed by atoms with Gasteiger partial charge in [0, 0.05) is 38.9 Å². The van der Waals surface area contributed by atoms with Gasteiger partial charge in [-0.2, -0.15) is 0 Å². The van der Waals surface area contributed by atoms with E-state index >= 15 is 0 Å². The molecule has 0 unspecified atom stereocenters. The van der Waals surface area contributed by atoms with E-state index < -0.39 is 25.5 Å². The van der Waals surface area contributed by atoms with E-state index in [1.165, 1.54) is 79.7 Å². The van der Waals surface area contributed by atoms with E-state index in [2.05, 4.69) is 82.7 Å². The predicted molar refractivity (Wildman–Crippen MR) is 463 cm³/mol. The van der Waals surface area contributed by atoms with Gasteiger partial charge in [-0.1, -0.05) is 153 Å². The van der Waals surface area contributed by atoms with Crippen molar-refractivity contribution in [2.45, 2.75) is 273 Å². The van der Waals surface area contributed by atoms with E-state index in [9.17, 15) is 33.6 Å². The van der Waals surface area contributed by atoms with Crippen LogP contribution in [0.4, 0.5) is 0 Å². The number of rotatable bonds is 18. The Morgan fingerprint density at radius 2 is 0.467 bits per heavy atom. The molecule has 7 aromatic rings. The first-order valence-corrected chi connectivity index (χ1v) is 50.4. The van der Waals surface area contributed by atoms with Crippen LogP contribution in [0, 0.1) is 90.5 Å². The zero-order chi connectivity index (χ0) is 76.9. The number of benzene rings is 7. The van der Waals surface area contributed by atoms with Crippen LogP contribution in [0.1, 0.15) is 302 Å². The molecule has 105 heavy (non-hydrogen) atoms. The third kappa shape index (κ3) is 57.9. The van der Waals surface area contributed by atoms with Gasteiger partial charge in [-0.3, -0.25) is 33.6 Å². The van der Waals surface area contributed by atoms with Crippen LogP contribution in [0.3, 0.4) is 0 Å². The topological polar surface area (TPSA) is 180 Å². The summed E-state index contributed by atoms with van der Waals surface area (Å²) in [6.45, 7) is 45.4. The van der Waals surface area contributed by atoms with Crippen LogP contribution >= 0.6 is 13.6 Å². The number of aliphatic hydroxyl groups is 1. The van der Waals surface area contributed by atoms with E-state index in [0.717, 1.165) is 107 Å². The fraction of sp³-hybridized carbons (Fsp3) is 0.451. The number of hydrogen-bond donors (Lipinski definition) is 3. The molecule has 0 spiro atoms. The van der Waals surface area contributed by atoms with Crippen LogP contribution < -0.4 is 0 Å². The van der Waals surface area contributed by atoms with Crippen LogP contribution in [-0.4, -0.2) is 81.1 Å². The van der Waals surface area contributed by atoms with Crippen LogP contribution in [0.25, 0.3) is 0 Å². The van der Waals surface area contributed by atoms with Gasteiger partial charge in [0.2, 0.25) is 0 Å². The van der Waals surface area contributed by atoms with E-state index in [-0.39, 0.29) is 91.6 Å². The summed E-state index contributed by atoms with van der Waals surface area (Å²) < 4.78 is 4.97. The Morgan fingerprint density at radius 3 is 0.610 bits per heavy atom. The molecule has 584 valence electrons. The summed E-state index contributed by atoms with van der Waals surface area (Å²) in [5.41, 5.74) is 21.2. The Kier molecular flexibility index (Phi) is 72.9. The molecule has 0 aliphatic heterocycles. The number of halogens is 1. The van der Waals surface area contributed by atoms with E-state index in [4.69, 9.17) is 15.2 Å². The summed E-state index contributed by atoms with van der Waals surface area (Å²) in [4.78, 5) is 79.5. The molecule has 0 aromatic heterocycles. The Morgan fingerprint density at radius 1 is 0.324 bits per heavy atom. The van der Waals surface area contributed by atoms with Gasteiger partial charge < -0.3 is 22.6 Å². The monoisotopic (exact) mass is 1670 g/mol. The summed E-state index contributed by atoms with van der Waals surface area (Å²) >= 11 is 2.69. The quantitative estimate of drug-likeness (QED) is 0.0425. The predicted octanol–water partition coefficient (Wildman–Crippen LogP) is 26.0. The average Bonchev–Trinajstić information content (AvgIpc) is 0.948. The third-order valence-electron chi connectivity index (χ3n) is 15.2. The van der Waals surface area contributed by atoms with Gasteiger partial charge in [0.05, 0.1) is 6.61 Å². The van der Waals surface area contributed by atoms with E-state index in [0.29, 0.717) is 5.56 Å². The second kappa shape index (κ2) is 65.2. The van der Waals surface area contributed by atoms with Crippen molar-refractivity contribution >= 4 is 79.6 Å². The molecule has 10 nitrogen and oxygen atoms in total. The molecule has 0 saturated carbocycles. The molecule has 0 heterocycles. The summed E-state index contributed by atoms with van der Waals surface area (Å²) in [5.74, 6) is 0.862. The van der Waals surface area contributed by atoms with Gasteiger partial charge in [-0.15, -0.1) is 0 Å². The molecule has 0 saturated heterocycles. The van der Waals surface area contributed by atoms with Gasteiger partial charge in [0.1, 0.15) is 0 Å². The van der Waals surface area contributed by atoms with Crippen LogP contribution in [0.5, 0.6) is 0 Å². The molecular weight excluding hydrogens is 1530 g/mol. The standard InChI is InChI=1S/C11H14O.C10H12O2.5C10H12O.3C4H9.CH5BO2.5CH4.2CH3.BrH.Sn.Zn/c1-4-10-5-8(2)6-11(7-10)9(3)12;1-7-3-9(6-11)5-10(4-7)8(2)12;5*1-7-4-8(2)6-10(5-7)9(3)11;3*1-3-4-2;1-2(3)4;;;;;;;;;;/h5-7H,4H2,1-3H3;3-5,11H,6H2,1-2H3;5*4-6H,1-3H3;3*1,3-4H2,2H3;3-4H,1H3;5*1H4;2*1H3;1H;;/q;;;;;;;;;;;;;;;;;-1;;;+2/p-1. The van der Waals surface area contributed by atoms with Crippen molar-refractivity contribution in [2.75, 3.05) is 0 Å². The average molecular weight is 1670 g/mol. The number of unbranched alkanes of at least 4 members (excludes halogenated alkanes) is 3. The summed E-state index contributed by atoms with van der Waals surface area (Å²) in [6, 6.07) is 40.9. The SMILES string of the molecule is C.C.C.C.C.CB(O)O.CC(=O)c1cc(C)cc(C)c1.CC(=O)c1cc(C)cc(C)c1.CC(=O)c1cc(C)cc(C)c1.CC(=O)c1cc(C)cc(C)c1.CC(=O)c1cc(C)cc(C)c1.CC(=O)c1cc(C)cc(CO)c1.CCC[CH2][Sn]([CH3])([CH2]CCC)[CH2]CCC.CCc1cc(C)cc(C(C)=O)c1.[CH3-].[Zn+][Br]. The maximum atomic E-state index is 11.1. The Labute approximate surface area is 664 Å². The zero-order valence-electron chi connectivity index (χ0n) is 66.3. The van der Waals surface area contributed by atoms with Crippen molar-refractivity contribution < 1.29 is 65.1 Å². The van der Waals surface area contributed by atoms with Gasteiger partial charge in [-0.25, -0.2) is 0 Å². The van der Waals surface area contributed by atoms with Gasteiger partial charge in [0.25, 0.3) is 0 Å². The van der Waals surface area contributed by atoms with Gasteiger partial charge >= 0.3 is 133 Å². The third-order valence-corrected chi connectivity index (χ3v) is 28.6. The van der Waals surface area contributed by atoms with E-state index in [1.807, 2.05) is 168 Å². The molecule has 0 fully saturated rings. The number of hydrogen-bond acceptors (Lipinski definition) is 10. The van der Waals surface area contributed by atoms with Gasteiger partial charge in [-0.05, 0) is 241 Å². The van der Waals surface area contributed by atoms with Crippen LogP contribution in [-0.2, 0) is 29.4 Å². The Balaban J connectivity index is -0.000000141. The molecule has 0 radical (unpaired) electrons. The van der Waals surface area contributed by atoms with Crippen molar-refractivity contribution in [2.24, 2.45) is 0 Å². The maximum absolute atomic E-state index is 11.1. The fourth-order valence-corrected chi connectivity index (χ4v) is 23.0. The van der Waals surface area contributed by atoms with Crippen molar-refractivity contribution in [3.63, 3.8) is 0 Å². The first-order valence-electron chi connectivity index (χ1n) is 34.6. The normalized spacial score (nSPS) is 9.29. The molecule has 0 amide bonds. The number of Topliss-reactive ketones (excluding diaryl/α,β-unsaturated/α-hetero) is 7. The molecule has 7 rings (SSSR count). The molecule has 0 aliphatic carbocycles. The van der Waals surface area contributed by atoms with Gasteiger partial charge in [0.15, 0.2) is 40.5 Å². The Hall–Kier alpha value is -5.92. The molecule has 0 atom stereocenters. The summed E-state index contributed by atoms with van der Waals surface area (Å²) in [7, 11) is -1.17. The number of aryl methyl sites for hydroxylation is 13. The number of aliphatic hydroxyl groups excluding tert-OH is 1. The molecule has 0 aliphatic rings. The molecule has 3 N–H and O–H groups in total. The fourth-order valence-electron chi connectivity index (χ4n) is 10.5. The van der Waals surface area contributed by atoms with Crippen LogP contribution in [0.15, 0.2) is 127 Å². The number of carbonyl (C=O) groups is 7. The van der Waals surface area contributed by atoms with E-state index in [1.54, 1.807) is 60.9 Å². The van der Waals surface area contributed by atoms with Crippen LogP contribution in [0.2, 0.25) is 25.1 Å². The van der Waals surface area contributed by atoms with Crippen molar-refractivity contribution in [3.05, 3.63) is 252 Å². The summed E-state index contributed by atoms with van der Waals surface area (Å²) in [5, 5.41) is 24.1. The molecular formula is C91H144BBrO10SnZn. The molecule has 0 bridgehead atoms. The first kappa shape index (κ1) is 117. The van der Waals surface area contributed by atoms with Crippen molar-refractivity contribution in [3.8, 4) is 0 Å². The second-order valence-electron chi connectivity index (χ2n) is 26.5. The minimum absolute atomic E-state index is 0.